The fourth-order valence-corrected chi connectivity index (χ4v) is 8.82. The van der Waals surface area contributed by atoms with Crippen LogP contribution in [-0.4, -0.2) is 19.9 Å². The lowest BCUT2D eigenvalue weighted by atomic mass is 9.95. The number of rotatable bonds is 7. The molecule has 5 nitrogen and oxygen atoms in total. The number of hydrogen-bond acceptors (Lipinski definition) is 5. The summed E-state index contributed by atoms with van der Waals surface area (Å²) in [5.41, 5.74) is 13.7. The van der Waals surface area contributed by atoms with E-state index in [0.717, 1.165) is 105 Å². The molecule has 63 heavy (non-hydrogen) atoms. The van der Waals surface area contributed by atoms with E-state index in [1.807, 2.05) is 24.3 Å². The first-order chi connectivity index (χ1) is 31.2. The summed E-state index contributed by atoms with van der Waals surface area (Å²) < 4.78 is 6.73. The lowest BCUT2D eigenvalue weighted by molar-refractivity contribution is 0.672. The molecule has 12 rings (SSSR count). The van der Waals surface area contributed by atoms with Crippen LogP contribution in [0.3, 0.4) is 0 Å². The number of aromatic nitrogens is 4. The van der Waals surface area contributed by atoms with Crippen molar-refractivity contribution in [2.45, 2.75) is 0 Å². The summed E-state index contributed by atoms with van der Waals surface area (Å²) in [6.45, 7) is 0. The maximum atomic E-state index is 6.73. The topological polar surface area (TPSA) is 64.7 Å². The minimum absolute atomic E-state index is 0.584. The highest BCUT2D eigenvalue weighted by atomic mass is 16.3. The Morgan fingerprint density at radius 1 is 0.302 bits per heavy atom. The Kier molecular flexibility index (Phi) is 8.75. The quantitative estimate of drug-likeness (QED) is 0.161. The summed E-state index contributed by atoms with van der Waals surface area (Å²) in [5, 5.41) is 5.32. The highest BCUT2D eigenvalue weighted by Gasteiger charge is 2.21. The van der Waals surface area contributed by atoms with Crippen molar-refractivity contribution in [2.75, 3.05) is 0 Å². The highest BCUT2D eigenvalue weighted by Crippen LogP contribution is 2.43. The van der Waals surface area contributed by atoms with Gasteiger partial charge in [0.1, 0.15) is 11.2 Å². The Bertz CT molecular complexity index is 3550. The molecule has 3 aromatic heterocycles. The van der Waals surface area contributed by atoms with Crippen molar-refractivity contribution in [3.63, 3.8) is 0 Å². The van der Waals surface area contributed by atoms with Crippen LogP contribution >= 0.6 is 0 Å². The summed E-state index contributed by atoms with van der Waals surface area (Å²) >= 11 is 0. The normalized spacial score (nSPS) is 11.5. The largest absolute Gasteiger partial charge is 0.455 e. The zero-order valence-electron chi connectivity index (χ0n) is 34.0. The molecule has 12 aromatic rings. The van der Waals surface area contributed by atoms with Gasteiger partial charge in [-0.1, -0.05) is 200 Å². The number of benzene rings is 9. The Hall–Kier alpha value is -8.54. The Labute approximate surface area is 363 Å². The van der Waals surface area contributed by atoms with Crippen molar-refractivity contribution in [1.82, 2.24) is 19.9 Å². The van der Waals surface area contributed by atoms with Gasteiger partial charge in [0, 0.05) is 38.6 Å². The standard InChI is InChI=1S/C58H36N4O/c1-3-14-37(15-4-1)39-28-32-42(33-29-39)56-60-57(43-34-30-40(31-35-43)38-16-5-2-6-17-38)62-58(61-56)45-21-11-20-44(36-45)47-24-13-26-50-53(47)59-54(48-25-12-19-41-18-7-8-22-46(41)48)52-49-23-9-10-27-51(49)63-55(50)52/h1-36H. The molecule has 3 heterocycles. The summed E-state index contributed by atoms with van der Waals surface area (Å²) in [7, 11) is 0. The minimum atomic E-state index is 0.584. The third-order valence-electron chi connectivity index (χ3n) is 11.9. The number of furan rings is 1. The SMILES string of the molecule is c1ccc(-c2ccc(-c3nc(-c4ccc(-c5ccccc5)cc4)nc(-c4cccc(-c5cccc6c5nc(-c5cccc7ccccc57)c5c7ccccc7oc65)c4)n3)cc2)cc1. The smallest absolute Gasteiger partial charge is 0.164 e. The van der Waals surface area contributed by atoms with Crippen LogP contribution in [-0.2, 0) is 0 Å². The van der Waals surface area contributed by atoms with Gasteiger partial charge in [-0.2, -0.15) is 0 Å². The zero-order chi connectivity index (χ0) is 41.7. The molecule has 0 amide bonds. The molecule has 0 atom stereocenters. The van der Waals surface area contributed by atoms with Gasteiger partial charge in [-0.05, 0) is 56.8 Å². The molecular weight excluding hydrogens is 769 g/mol. The van der Waals surface area contributed by atoms with Gasteiger partial charge in [-0.3, -0.25) is 0 Å². The van der Waals surface area contributed by atoms with Crippen LogP contribution in [0, 0.1) is 0 Å². The number of pyridine rings is 1. The molecule has 0 spiro atoms. The van der Waals surface area contributed by atoms with Gasteiger partial charge >= 0.3 is 0 Å². The van der Waals surface area contributed by atoms with Crippen LogP contribution in [0.4, 0.5) is 0 Å². The first-order valence-electron chi connectivity index (χ1n) is 21.1. The second kappa shape index (κ2) is 15.2. The van der Waals surface area contributed by atoms with Crippen molar-refractivity contribution >= 4 is 43.6 Å². The van der Waals surface area contributed by atoms with Gasteiger partial charge in [0.15, 0.2) is 17.5 Å². The average Bonchev–Trinajstić information content (AvgIpc) is 3.77. The van der Waals surface area contributed by atoms with E-state index < -0.39 is 0 Å². The van der Waals surface area contributed by atoms with Gasteiger partial charge in [0.05, 0.1) is 16.6 Å². The second-order valence-corrected chi connectivity index (χ2v) is 15.8. The van der Waals surface area contributed by atoms with E-state index in [1.165, 1.54) is 0 Å². The van der Waals surface area contributed by atoms with Crippen LogP contribution in [0.1, 0.15) is 0 Å². The van der Waals surface area contributed by atoms with E-state index >= 15 is 0 Å². The molecule has 5 heteroatoms. The molecule has 0 bridgehead atoms. The van der Waals surface area contributed by atoms with E-state index in [0.29, 0.717) is 17.5 Å². The van der Waals surface area contributed by atoms with Gasteiger partial charge in [-0.15, -0.1) is 0 Å². The lowest BCUT2D eigenvalue weighted by Gasteiger charge is -2.13. The third-order valence-corrected chi connectivity index (χ3v) is 11.9. The molecule has 0 fully saturated rings. The number of para-hydroxylation sites is 2. The molecule has 0 radical (unpaired) electrons. The monoisotopic (exact) mass is 804 g/mol. The fourth-order valence-electron chi connectivity index (χ4n) is 8.82. The molecule has 0 saturated heterocycles. The van der Waals surface area contributed by atoms with E-state index in [9.17, 15) is 0 Å². The molecule has 9 aromatic carbocycles. The number of fused-ring (bicyclic) bond motifs is 6. The van der Waals surface area contributed by atoms with E-state index in [-0.39, 0.29) is 0 Å². The van der Waals surface area contributed by atoms with Gasteiger partial charge in [0.2, 0.25) is 0 Å². The van der Waals surface area contributed by atoms with Crippen LogP contribution < -0.4 is 0 Å². The first-order valence-corrected chi connectivity index (χ1v) is 21.1. The van der Waals surface area contributed by atoms with Gasteiger partial charge in [0.25, 0.3) is 0 Å². The van der Waals surface area contributed by atoms with Crippen molar-refractivity contribution in [2.24, 2.45) is 0 Å². The Morgan fingerprint density at radius 3 is 1.44 bits per heavy atom. The molecule has 0 N–H and O–H groups in total. The maximum Gasteiger partial charge on any atom is 0.164 e. The molecule has 0 unspecified atom stereocenters. The summed E-state index contributed by atoms with van der Waals surface area (Å²) in [6.07, 6.45) is 0. The van der Waals surface area contributed by atoms with Crippen molar-refractivity contribution in [3.05, 3.63) is 218 Å². The number of hydrogen-bond donors (Lipinski definition) is 0. The van der Waals surface area contributed by atoms with Crippen LogP contribution in [0.25, 0.3) is 122 Å². The van der Waals surface area contributed by atoms with Gasteiger partial charge < -0.3 is 4.42 Å². The maximum absolute atomic E-state index is 6.73. The molecule has 294 valence electrons. The van der Waals surface area contributed by atoms with Gasteiger partial charge in [-0.25, -0.2) is 19.9 Å². The summed E-state index contributed by atoms with van der Waals surface area (Å²) in [6, 6.07) is 75.6. The lowest BCUT2D eigenvalue weighted by Crippen LogP contribution is -2.00. The van der Waals surface area contributed by atoms with E-state index in [1.54, 1.807) is 0 Å². The predicted molar refractivity (Wildman–Crippen MR) is 258 cm³/mol. The van der Waals surface area contributed by atoms with Crippen LogP contribution in [0.5, 0.6) is 0 Å². The molecule has 0 saturated carbocycles. The zero-order valence-corrected chi connectivity index (χ0v) is 34.0. The Balaban J connectivity index is 1.02. The van der Waals surface area contributed by atoms with E-state index in [2.05, 4.69) is 194 Å². The first kappa shape index (κ1) is 36.3. The van der Waals surface area contributed by atoms with Crippen molar-refractivity contribution in [1.29, 1.82) is 0 Å². The van der Waals surface area contributed by atoms with Crippen LogP contribution in [0.2, 0.25) is 0 Å². The van der Waals surface area contributed by atoms with E-state index in [4.69, 9.17) is 24.4 Å². The Morgan fingerprint density at radius 2 is 0.762 bits per heavy atom. The molecular formula is C58H36N4O. The molecule has 0 aliphatic rings. The second-order valence-electron chi connectivity index (χ2n) is 15.8. The molecule has 0 aliphatic carbocycles. The predicted octanol–water partition coefficient (Wildman–Crippen LogP) is 15.1. The fraction of sp³-hybridized carbons (Fsp3) is 0. The number of nitrogens with zero attached hydrogens (tertiary/aromatic N) is 4. The highest BCUT2D eigenvalue weighted by molar-refractivity contribution is 6.22. The van der Waals surface area contributed by atoms with Crippen molar-refractivity contribution in [3.8, 4) is 78.8 Å². The average molecular weight is 805 g/mol. The summed E-state index contributed by atoms with van der Waals surface area (Å²) in [5.74, 6) is 1.79. The van der Waals surface area contributed by atoms with Crippen LogP contribution in [0.15, 0.2) is 223 Å². The molecule has 0 aliphatic heterocycles. The minimum Gasteiger partial charge on any atom is -0.455 e. The third kappa shape index (κ3) is 6.51. The summed E-state index contributed by atoms with van der Waals surface area (Å²) in [4.78, 5) is 21.0. The van der Waals surface area contributed by atoms with Crippen molar-refractivity contribution < 1.29 is 4.42 Å².